The van der Waals surface area contributed by atoms with Crippen LogP contribution in [0.5, 0.6) is 0 Å². The van der Waals surface area contributed by atoms with Gasteiger partial charge in [0.25, 0.3) is 5.91 Å². The molecule has 1 aromatic carbocycles. The number of anilines is 1. The van der Waals surface area contributed by atoms with E-state index in [2.05, 4.69) is 10.3 Å². The van der Waals surface area contributed by atoms with Crippen molar-refractivity contribution in [1.29, 1.82) is 0 Å². The number of benzene rings is 1. The number of carbonyl (C=O) groups is 1. The van der Waals surface area contributed by atoms with Crippen LogP contribution in [-0.4, -0.2) is 43.4 Å². The fourth-order valence-electron chi connectivity index (χ4n) is 2.29. The van der Waals surface area contributed by atoms with Crippen LogP contribution in [0.3, 0.4) is 0 Å². The Balaban J connectivity index is 1.69. The first-order valence-corrected chi connectivity index (χ1v) is 6.58. The fraction of sp³-hybridized carbons (Fsp3) is 0.357. The number of fused-ring (bicyclic) bond motifs is 1. The lowest BCUT2D eigenvalue weighted by molar-refractivity contribution is -0.0855. The first kappa shape index (κ1) is 13.0. The molecule has 0 spiro atoms. The van der Waals surface area contributed by atoms with Crippen LogP contribution in [0.2, 0.25) is 0 Å². The highest BCUT2D eigenvalue weighted by Gasteiger charge is 2.17. The molecule has 6 heteroatoms. The summed E-state index contributed by atoms with van der Waals surface area (Å²) >= 11 is 0. The van der Waals surface area contributed by atoms with E-state index in [9.17, 15) is 4.79 Å². The predicted octanol–water partition coefficient (Wildman–Crippen LogP) is 0.895. The third-order valence-corrected chi connectivity index (χ3v) is 3.33. The topological polar surface area (TPSA) is 89.4 Å². The van der Waals surface area contributed by atoms with E-state index in [0.29, 0.717) is 37.6 Å². The van der Waals surface area contributed by atoms with Crippen molar-refractivity contribution in [1.82, 2.24) is 10.3 Å². The highest BCUT2D eigenvalue weighted by atomic mass is 16.6. The van der Waals surface area contributed by atoms with Crippen molar-refractivity contribution in [3.8, 4) is 0 Å². The van der Waals surface area contributed by atoms with Crippen molar-refractivity contribution >= 4 is 22.5 Å². The lowest BCUT2D eigenvalue weighted by Crippen LogP contribution is -2.39. The van der Waals surface area contributed by atoms with Crippen LogP contribution < -0.4 is 11.1 Å². The van der Waals surface area contributed by atoms with Gasteiger partial charge in [0.05, 0.1) is 31.5 Å². The number of aromatic amines is 1. The van der Waals surface area contributed by atoms with Crippen LogP contribution in [0.1, 0.15) is 10.4 Å². The minimum absolute atomic E-state index is 0.0754. The first-order valence-electron chi connectivity index (χ1n) is 6.58. The zero-order valence-electron chi connectivity index (χ0n) is 11.0. The average molecular weight is 275 g/mol. The summed E-state index contributed by atoms with van der Waals surface area (Å²) in [5.41, 5.74) is 7.84. The Morgan fingerprint density at radius 1 is 1.45 bits per heavy atom. The fourth-order valence-corrected chi connectivity index (χ4v) is 2.29. The van der Waals surface area contributed by atoms with E-state index in [0.717, 1.165) is 10.9 Å². The van der Waals surface area contributed by atoms with E-state index in [4.69, 9.17) is 15.2 Å². The third-order valence-electron chi connectivity index (χ3n) is 3.33. The Morgan fingerprint density at radius 2 is 2.35 bits per heavy atom. The Bertz CT molecular complexity index is 617. The second-order valence-electron chi connectivity index (χ2n) is 4.79. The Morgan fingerprint density at radius 3 is 3.15 bits per heavy atom. The standard InChI is InChI=1S/C14H17N3O3/c15-9-1-2-11-12(7-16-13(11)5-9)14(18)17-6-10-8-19-3-4-20-10/h1-2,5,7,10,16H,3-4,6,8,15H2,(H,17,18). The summed E-state index contributed by atoms with van der Waals surface area (Å²) in [6.07, 6.45) is 1.62. The third kappa shape index (κ3) is 2.61. The summed E-state index contributed by atoms with van der Waals surface area (Å²) in [6.45, 7) is 2.16. The van der Waals surface area contributed by atoms with Gasteiger partial charge in [0.15, 0.2) is 0 Å². The maximum atomic E-state index is 12.2. The molecule has 4 N–H and O–H groups in total. The van der Waals surface area contributed by atoms with Gasteiger partial charge in [0.2, 0.25) is 0 Å². The number of hydrogen-bond acceptors (Lipinski definition) is 4. The Labute approximate surface area is 116 Å². The van der Waals surface area contributed by atoms with Crippen molar-refractivity contribution in [3.05, 3.63) is 30.0 Å². The van der Waals surface area contributed by atoms with Crippen molar-refractivity contribution in [2.24, 2.45) is 0 Å². The van der Waals surface area contributed by atoms with E-state index in [1.165, 1.54) is 0 Å². The Hall–Kier alpha value is -2.05. The minimum Gasteiger partial charge on any atom is -0.399 e. The van der Waals surface area contributed by atoms with Gasteiger partial charge in [-0.25, -0.2) is 0 Å². The van der Waals surface area contributed by atoms with Gasteiger partial charge >= 0.3 is 0 Å². The molecule has 0 aliphatic carbocycles. The molecule has 1 unspecified atom stereocenters. The highest BCUT2D eigenvalue weighted by Crippen LogP contribution is 2.20. The molecule has 1 aromatic heterocycles. The quantitative estimate of drug-likeness (QED) is 0.726. The molecule has 3 rings (SSSR count). The summed E-state index contributed by atoms with van der Waals surface area (Å²) < 4.78 is 10.8. The van der Waals surface area contributed by atoms with Crippen LogP contribution in [0, 0.1) is 0 Å². The smallest absolute Gasteiger partial charge is 0.253 e. The zero-order chi connectivity index (χ0) is 13.9. The van der Waals surface area contributed by atoms with Crippen LogP contribution in [0.4, 0.5) is 5.69 Å². The largest absolute Gasteiger partial charge is 0.399 e. The second kappa shape index (κ2) is 5.52. The van der Waals surface area contributed by atoms with Gasteiger partial charge in [0.1, 0.15) is 0 Å². The number of aromatic nitrogens is 1. The van der Waals surface area contributed by atoms with Gasteiger partial charge in [-0.15, -0.1) is 0 Å². The van der Waals surface area contributed by atoms with Gasteiger partial charge in [-0.2, -0.15) is 0 Å². The lowest BCUT2D eigenvalue weighted by atomic mass is 10.1. The molecule has 0 radical (unpaired) electrons. The van der Waals surface area contributed by atoms with E-state index in [1.54, 1.807) is 12.3 Å². The number of nitrogens with two attached hydrogens (primary N) is 1. The number of carbonyl (C=O) groups excluding carboxylic acids is 1. The molecule has 1 aliphatic rings. The molecule has 2 heterocycles. The van der Waals surface area contributed by atoms with Gasteiger partial charge in [-0.1, -0.05) is 0 Å². The first-order chi connectivity index (χ1) is 9.74. The average Bonchev–Trinajstić information content (AvgIpc) is 2.89. The van der Waals surface area contributed by atoms with Crippen molar-refractivity contribution < 1.29 is 14.3 Å². The Kier molecular flexibility index (Phi) is 3.58. The highest BCUT2D eigenvalue weighted by molar-refractivity contribution is 6.07. The van der Waals surface area contributed by atoms with Crippen LogP contribution in [-0.2, 0) is 9.47 Å². The van der Waals surface area contributed by atoms with Crippen molar-refractivity contribution in [2.75, 3.05) is 32.1 Å². The molecule has 1 aliphatic heterocycles. The summed E-state index contributed by atoms with van der Waals surface area (Å²) in [6, 6.07) is 5.44. The molecule has 2 aromatic rings. The maximum absolute atomic E-state index is 12.2. The van der Waals surface area contributed by atoms with E-state index in [-0.39, 0.29) is 12.0 Å². The second-order valence-corrected chi connectivity index (χ2v) is 4.79. The molecular formula is C14H17N3O3. The predicted molar refractivity (Wildman–Crippen MR) is 75.6 cm³/mol. The monoisotopic (exact) mass is 275 g/mol. The van der Waals surface area contributed by atoms with E-state index < -0.39 is 0 Å². The molecule has 1 amide bonds. The molecular weight excluding hydrogens is 258 g/mol. The van der Waals surface area contributed by atoms with Gasteiger partial charge < -0.3 is 25.5 Å². The molecule has 106 valence electrons. The minimum atomic E-state index is -0.129. The van der Waals surface area contributed by atoms with Crippen LogP contribution >= 0.6 is 0 Å². The summed E-state index contributed by atoms with van der Waals surface area (Å²) in [5, 5.41) is 3.73. The van der Waals surface area contributed by atoms with E-state index >= 15 is 0 Å². The van der Waals surface area contributed by atoms with Gasteiger partial charge in [-0.3, -0.25) is 4.79 Å². The number of hydrogen-bond donors (Lipinski definition) is 3. The summed E-state index contributed by atoms with van der Waals surface area (Å²) in [4.78, 5) is 15.2. The lowest BCUT2D eigenvalue weighted by Gasteiger charge is -2.22. The summed E-state index contributed by atoms with van der Waals surface area (Å²) in [7, 11) is 0. The van der Waals surface area contributed by atoms with Gasteiger partial charge in [0, 0.05) is 29.3 Å². The van der Waals surface area contributed by atoms with Crippen molar-refractivity contribution in [3.63, 3.8) is 0 Å². The molecule has 6 nitrogen and oxygen atoms in total. The molecule has 0 bridgehead atoms. The zero-order valence-corrected chi connectivity index (χ0v) is 11.0. The van der Waals surface area contributed by atoms with Gasteiger partial charge in [-0.05, 0) is 18.2 Å². The molecule has 1 fully saturated rings. The van der Waals surface area contributed by atoms with Crippen LogP contribution in [0.25, 0.3) is 10.9 Å². The number of ether oxygens (including phenoxy) is 2. The number of rotatable bonds is 3. The van der Waals surface area contributed by atoms with E-state index in [1.807, 2.05) is 12.1 Å². The molecule has 20 heavy (non-hydrogen) atoms. The van der Waals surface area contributed by atoms with Crippen molar-refractivity contribution in [2.45, 2.75) is 6.10 Å². The molecule has 0 saturated carbocycles. The maximum Gasteiger partial charge on any atom is 0.253 e. The molecule has 1 saturated heterocycles. The van der Waals surface area contributed by atoms with Crippen LogP contribution in [0.15, 0.2) is 24.4 Å². The number of nitrogens with one attached hydrogen (secondary N) is 2. The number of H-pyrrole nitrogens is 1. The summed E-state index contributed by atoms with van der Waals surface area (Å²) in [5.74, 6) is -0.129. The number of nitrogen functional groups attached to an aromatic ring is 1. The normalized spacial score (nSPS) is 19.1. The number of amides is 1. The molecule has 1 atom stereocenters. The SMILES string of the molecule is Nc1ccc2c(C(=O)NCC3COCCO3)c[nH]c2c1.